The number of nitrogens with one attached hydrogen (secondary N) is 1. The number of alkyl halides is 1. The number of hydrogen-bond acceptors (Lipinski definition) is 2. The van der Waals surface area contributed by atoms with E-state index in [9.17, 15) is 4.79 Å². The summed E-state index contributed by atoms with van der Waals surface area (Å²) in [7, 11) is 0. The molecule has 0 atom stereocenters. The van der Waals surface area contributed by atoms with Gasteiger partial charge in [0.1, 0.15) is 5.76 Å². The first-order valence-corrected chi connectivity index (χ1v) is 7.76. The fourth-order valence-corrected chi connectivity index (χ4v) is 3.27. The number of amides is 1. The SMILES string of the molecule is O=C(CCc1ccco1)NC1(CBr)CCCCC1. The molecule has 1 N–H and O–H groups in total. The van der Waals surface area contributed by atoms with Crippen LogP contribution < -0.4 is 5.32 Å². The lowest BCUT2D eigenvalue weighted by atomic mass is 9.83. The quantitative estimate of drug-likeness (QED) is 0.846. The van der Waals surface area contributed by atoms with Crippen LogP contribution in [0, 0.1) is 0 Å². The van der Waals surface area contributed by atoms with Gasteiger partial charge < -0.3 is 9.73 Å². The van der Waals surface area contributed by atoms with E-state index < -0.39 is 0 Å². The van der Waals surface area contributed by atoms with E-state index in [0.717, 1.165) is 23.9 Å². The van der Waals surface area contributed by atoms with E-state index in [1.165, 1.54) is 19.3 Å². The lowest BCUT2D eigenvalue weighted by Gasteiger charge is -2.36. The number of carbonyl (C=O) groups excluding carboxylic acids is 1. The Balaban J connectivity index is 1.81. The van der Waals surface area contributed by atoms with Crippen LogP contribution in [0.2, 0.25) is 0 Å². The fourth-order valence-electron chi connectivity index (χ4n) is 2.57. The first kappa shape index (κ1) is 13.7. The molecule has 100 valence electrons. The lowest BCUT2D eigenvalue weighted by Crippen LogP contribution is -2.51. The summed E-state index contributed by atoms with van der Waals surface area (Å²) in [5.74, 6) is 1.01. The molecule has 18 heavy (non-hydrogen) atoms. The van der Waals surface area contributed by atoms with E-state index in [1.807, 2.05) is 12.1 Å². The molecule has 1 heterocycles. The van der Waals surface area contributed by atoms with Gasteiger partial charge in [-0.15, -0.1) is 0 Å². The predicted molar refractivity (Wildman–Crippen MR) is 74.8 cm³/mol. The maximum absolute atomic E-state index is 12.0. The number of hydrogen-bond donors (Lipinski definition) is 1. The Bertz CT molecular complexity index is 369. The summed E-state index contributed by atoms with van der Waals surface area (Å²) in [5.41, 5.74) is -0.0154. The summed E-state index contributed by atoms with van der Waals surface area (Å²) in [5, 5.41) is 4.07. The normalized spacial score (nSPS) is 18.5. The maximum Gasteiger partial charge on any atom is 0.220 e. The Morgan fingerprint density at radius 1 is 1.39 bits per heavy atom. The summed E-state index contributed by atoms with van der Waals surface area (Å²) >= 11 is 3.55. The second kappa shape index (κ2) is 6.41. The van der Waals surface area contributed by atoms with Gasteiger partial charge in [0.05, 0.1) is 6.26 Å². The van der Waals surface area contributed by atoms with Gasteiger partial charge in [-0.2, -0.15) is 0 Å². The summed E-state index contributed by atoms with van der Waals surface area (Å²) in [6, 6.07) is 3.77. The van der Waals surface area contributed by atoms with Crippen LogP contribution in [0.4, 0.5) is 0 Å². The van der Waals surface area contributed by atoms with Crippen molar-refractivity contribution >= 4 is 21.8 Å². The van der Waals surface area contributed by atoms with Crippen molar-refractivity contribution in [2.24, 2.45) is 0 Å². The number of halogens is 1. The largest absolute Gasteiger partial charge is 0.469 e. The molecular formula is C14H20BrNO2. The molecule has 1 aromatic heterocycles. The Morgan fingerprint density at radius 2 is 2.17 bits per heavy atom. The monoisotopic (exact) mass is 313 g/mol. The van der Waals surface area contributed by atoms with Crippen LogP contribution in [0.5, 0.6) is 0 Å². The topological polar surface area (TPSA) is 42.2 Å². The molecule has 0 aromatic carbocycles. The molecule has 1 aliphatic rings. The first-order valence-electron chi connectivity index (χ1n) is 6.63. The third-order valence-corrected chi connectivity index (χ3v) is 4.72. The third-order valence-electron chi connectivity index (χ3n) is 3.65. The summed E-state index contributed by atoms with van der Waals surface area (Å²) < 4.78 is 5.24. The van der Waals surface area contributed by atoms with Gasteiger partial charge in [-0.05, 0) is 25.0 Å². The number of furan rings is 1. The molecule has 3 nitrogen and oxygen atoms in total. The van der Waals surface area contributed by atoms with Crippen LogP contribution in [-0.2, 0) is 11.2 Å². The number of rotatable bonds is 5. The van der Waals surface area contributed by atoms with Crippen LogP contribution in [-0.4, -0.2) is 16.8 Å². The Hall–Kier alpha value is -0.770. The average Bonchev–Trinajstić information content (AvgIpc) is 2.91. The molecule has 2 rings (SSSR count). The Labute approximate surface area is 116 Å². The second-order valence-electron chi connectivity index (χ2n) is 5.10. The molecule has 0 unspecified atom stereocenters. The summed E-state index contributed by atoms with van der Waals surface area (Å²) in [4.78, 5) is 12.0. The van der Waals surface area contributed by atoms with Crippen molar-refractivity contribution in [3.8, 4) is 0 Å². The van der Waals surface area contributed by atoms with Crippen LogP contribution in [0.15, 0.2) is 22.8 Å². The highest BCUT2D eigenvalue weighted by molar-refractivity contribution is 9.09. The molecule has 1 aliphatic carbocycles. The molecular weight excluding hydrogens is 294 g/mol. The van der Waals surface area contributed by atoms with Crippen molar-refractivity contribution in [2.75, 3.05) is 5.33 Å². The first-order chi connectivity index (χ1) is 8.74. The van der Waals surface area contributed by atoms with E-state index in [4.69, 9.17) is 4.42 Å². The molecule has 0 saturated heterocycles. The number of carbonyl (C=O) groups is 1. The van der Waals surface area contributed by atoms with Gasteiger partial charge in [0.25, 0.3) is 0 Å². The van der Waals surface area contributed by atoms with Crippen LogP contribution in [0.25, 0.3) is 0 Å². The van der Waals surface area contributed by atoms with E-state index in [1.54, 1.807) is 6.26 Å². The van der Waals surface area contributed by atoms with Gasteiger partial charge in [0.2, 0.25) is 5.91 Å². The third kappa shape index (κ3) is 3.61. The second-order valence-corrected chi connectivity index (χ2v) is 5.66. The minimum absolute atomic E-state index is 0.0154. The van der Waals surface area contributed by atoms with E-state index >= 15 is 0 Å². The van der Waals surface area contributed by atoms with E-state index in [2.05, 4.69) is 21.2 Å². The lowest BCUT2D eigenvalue weighted by molar-refractivity contribution is -0.123. The van der Waals surface area contributed by atoms with Gasteiger partial charge in [0, 0.05) is 23.7 Å². The molecule has 1 aromatic rings. The smallest absolute Gasteiger partial charge is 0.220 e. The van der Waals surface area contributed by atoms with Gasteiger partial charge in [-0.25, -0.2) is 0 Å². The Kier molecular flexibility index (Phi) is 4.87. The maximum atomic E-state index is 12.0. The zero-order valence-electron chi connectivity index (χ0n) is 10.6. The molecule has 0 aliphatic heterocycles. The molecule has 0 bridgehead atoms. The highest BCUT2D eigenvalue weighted by atomic mass is 79.9. The van der Waals surface area contributed by atoms with Gasteiger partial charge in [-0.3, -0.25) is 4.79 Å². The molecule has 1 fully saturated rings. The standard InChI is InChI=1S/C14H20BrNO2/c15-11-14(8-2-1-3-9-14)16-13(17)7-6-12-5-4-10-18-12/h4-5,10H,1-3,6-9,11H2,(H,16,17). The Morgan fingerprint density at radius 3 is 2.78 bits per heavy atom. The van der Waals surface area contributed by atoms with Crippen molar-refractivity contribution < 1.29 is 9.21 Å². The number of aryl methyl sites for hydroxylation is 1. The van der Waals surface area contributed by atoms with Crippen LogP contribution >= 0.6 is 15.9 Å². The van der Waals surface area contributed by atoms with Crippen molar-refractivity contribution in [3.05, 3.63) is 24.2 Å². The highest BCUT2D eigenvalue weighted by Gasteiger charge is 2.32. The van der Waals surface area contributed by atoms with E-state index in [-0.39, 0.29) is 11.4 Å². The van der Waals surface area contributed by atoms with Crippen LogP contribution in [0.1, 0.15) is 44.3 Å². The molecule has 0 radical (unpaired) electrons. The predicted octanol–water partition coefficient (Wildman–Crippen LogP) is 3.43. The zero-order chi connectivity index (χ0) is 12.8. The fraction of sp³-hybridized carbons (Fsp3) is 0.643. The van der Waals surface area contributed by atoms with Crippen molar-refractivity contribution in [3.63, 3.8) is 0 Å². The summed E-state index contributed by atoms with van der Waals surface area (Å²) in [6.07, 6.45) is 8.72. The van der Waals surface area contributed by atoms with Crippen molar-refractivity contribution in [2.45, 2.75) is 50.5 Å². The minimum atomic E-state index is -0.0154. The van der Waals surface area contributed by atoms with Gasteiger partial charge in [0.15, 0.2) is 0 Å². The van der Waals surface area contributed by atoms with E-state index in [0.29, 0.717) is 12.8 Å². The van der Waals surface area contributed by atoms with Gasteiger partial charge in [-0.1, -0.05) is 35.2 Å². The molecule has 0 spiro atoms. The van der Waals surface area contributed by atoms with Crippen molar-refractivity contribution in [1.29, 1.82) is 0 Å². The summed E-state index contributed by atoms with van der Waals surface area (Å²) in [6.45, 7) is 0. The van der Waals surface area contributed by atoms with Crippen molar-refractivity contribution in [1.82, 2.24) is 5.32 Å². The zero-order valence-corrected chi connectivity index (χ0v) is 12.2. The average molecular weight is 314 g/mol. The molecule has 1 amide bonds. The van der Waals surface area contributed by atoms with Gasteiger partial charge >= 0.3 is 0 Å². The van der Waals surface area contributed by atoms with Crippen LogP contribution in [0.3, 0.4) is 0 Å². The minimum Gasteiger partial charge on any atom is -0.469 e. The highest BCUT2D eigenvalue weighted by Crippen LogP contribution is 2.29. The molecule has 1 saturated carbocycles. The molecule has 4 heteroatoms.